The van der Waals surface area contributed by atoms with Crippen molar-refractivity contribution in [2.24, 2.45) is 0 Å². The fraction of sp³-hybridized carbons (Fsp3) is 0.400. The summed E-state index contributed by atoms with van der Waals surface area (Å²) in [7, 11) is 0. The van der Waals surface area contributed by atoms with E-state index < -0.39 is 11.6 Å². The van der Waals surface area contributed by atoms with Crippen molar-refractivity contribution in [2.75, 3.05) is 13.1 Å². The van der Waals surface area contributed by atoms with E-state index in [0.717, 1.165) is 11.4 Å². The Morgan fingerprint density at radius 1 is 1.00 bits per heavy atom. The molecule has 0 spiro atoms. The predicted octanol–water partition coefficient (Wildman–Crippen LogP) is 1.94. The molecule has 0 aliphatic heterocycles. The second-order valence-electron chi connectivity index (χ2n) is 7.15. The van der Waals surface area contributed by atoms with Crippen LogP contribution in [0.5, 0.6) is 0 Å². The third-order valence-electron chi connectivity index (χ3n) is 3.44. The van der Waals surface area contributed by atoms with Gasteiger partial charge in [-0.05, 0) is 45.0 Å². The van der Waals surface area contributed by atoms with Crippen molar-refractivity contribution in [1.29, 1.82) is 0 Å². The van der Waals surface area contributed by atoms with E-state index in [1.807, 2.05) is 41.3 Å². The largest absolute Gasteiger partial charge is 0.459 e. The fourth-order valence-corrected chi connectivity index (χ4v) is 2.42. The number of amides is 1. The monoisotopic (exact) mass is 370 g/mol. The molecule has 0 saturated heterocycles. The van der Waals surface area contributed by atoms with Crippen LogP contribution in [0.3, 0.4) is 0 Å². The molecule has 144 valence electrons. The van der Waals surface area contributed by atoms with Gasteiger partial charge in [0.25, 0.3) is 0 Å². The lowest BCUT2D eigenvalue weighted by Crippen LogP contribution is -2.40. The third kappa shape index (κ3) is 8.42. The highest BCUT2D eigenvalue weighted by atomic mass is 16.6. The van der Waals surface area contributed by atoms with Crippen LogP contribution in [-0.2, 0) is 27.4 Å². The van der Waals surface area contributed by atoms with Crippen LogP contribution < -0.4 is 5.32 Å². The van der Waals surface area contributed by atoms with E-state index in [9.17, 15) is 9.59 Å². The molecular formula is C20H26N4O3. The molecule has 2 rings (SSSR count). The Hall–Kier alpha value is -2.80. The maximum absolute atomic E-state index is 12.3. The lowest BCUT2D eigenvalue weighted by Gasteiger charge is -2.22. The molecule has 0 aromatic carbocycles. The second kappa shape index (κ2) is 9.78. The molecule has 27 heavy (non-hydrogen) atoms. The van der Waals surface area contributed by atoms with Gasteiger partial charge in [0.1, 0.15) is 12.1 Å². The van der Waals surface area contributed by atoms with Crippen LogP contribution in [0.15, 0.2) is 48.8 Å². The molecule has 7 heteroatoms. The van der Waals surface area contributed by atoms with Gasteiger partial charge in [-0.2, -0.15) is 0 Å². The molecule has 7 nitrogen and oxygen atoms in total. The molecule has 2 heterocycles. The van der Waals surface area contributed by atoms with Crippen molar-refractivity contribution in [3.05, 3.63) is 60.2 Å². The Kier molecular flexibility index (Phi) is 7.43. The summed E-state index contributed by atoms with van der Waals surface area (Å²) in [5, 5.41) is 2.61. The molecular weight excluding hydrogens is 344 g/mol. The third-order valence-corrected chi connectivity index (χ3v) is 3.44. The summed E-state index contributed by atoms with van der Waals surface area (Å²) < 4.78 is 5.20. The number of carbonyl (C=O) groups excluding carboxylic acids is 2. The fourth-order valence-electron chi connectivity index (χ4n) is 2.42. The maximum Gasteiger partial charge on any atom is 0.325 e. The van der Waals surface area contributed by atoms with Gasteiger partial charge in [0.15, 0.2) is 0 Å². The summed E-state index contributed by atoms with van der Waals surface area (Å²) in [4.78, 5) is 34.6. The molecule has 2 aromatic heterocycles. The summed E-state index contributed by atoms with van der Waals surface area (Å²) in [6.45, 7) is 6.32. The van der Waals surface area contributed by atoms with E-state index in [2.05, 4.69) is 15.3 Å². The molecule has 1 N–H and O–H groups in total. The van der Waals surface area contributed by atoms with Crippen LogP contribution in [0.25, 0.3) is 0 Å². The van der Waals surface area contributed by atoms with Gasteiger partial charge >= 0.3 is 5.97 Å². The Morgan fingerprint density at radius 2 is 1.56 bits per heavy atom. The summed E-state index contributed by atoms with van der Waals surface area (Å²) in [6, 6.07) is 11.3. The first-order valence-electron chi connectivity index (χ1n) is 8.82. The van der Waals surface area contributed by atoms with Crippen LogP contribution in [-0.4, -0.2) is 45.4 Å². The normalized spacial score (nSPS) is 11.3. The summed E-state index contributed by atoms with van der Waals surface area (Å²) >= 11 is 0. The van der Waals surface area contributed by atoms with Crippen molar-refractivity contribution in [1.82, 2.24) is 20.2 Å². The van der Waals surface area contributed by atoms with E-state index in [-0.39, 0.29) is 19.0 Å². The van der Waals surface area contributed by atoms with E-state index in [1.165, 1.54) is 0 Å². The van der Waals surface area contributed by atoms with Crippen molar-refractivity contribution >= 4 is 11.9 Å². The average Bonchev–Trinajstić information content (AvgIpc) is 2.60. The standard InChI is InChI=1S/C20H26N4O3/c1-20(2,3)27-19(26)12-23-18(25)15-24(13-16-8-4-6-10-21-16)14-17-9-5-7-11-22-17/h4-11H,12-15H2,1-3H3,(H,23,25). The molecule has 0 fully saturated rings. The number of rotatable bonds is 8. The molecule has 0 bridgehead atoms. The predicted molar refractivity (Wildman–Crippen MR) is 101 cm³/mol. The minimum absolute atomic E-state index is 0.121. The van der Waals surface area contributed by atoms with Crippen LogP contribution in [0.2, 0.25) is 0 Å². The highest BCUT2D eigenvalue weighted by Gasteiger charge is 2.18. The molecule has 0 atom stereocenters. The van der Waals surface area contributed by atoms with E-state index in [4.69, 9.17) is 4.74 Å². The van der Waals surface area contributed by atoms with Gasteiger partial charge < -0.3 is 10.1 Å². The quantitative estimate of drug-likeness (QED) is 0.715. The van der Waals surface area contributed by atoms with Gasteiger partial charge in [-0.3, -0.25) is 24.5 Å². The lowest BCUT2D eigenvalue weighted by molar-refractivity contribution is -0.154. The number of aromatic nitrogens is 2. The minimum Gasteiger partial charge on any atom is -0.459 e. The lowest BCUT2D eigenvalue weighted by atomic mass is 10.2. The Balaban J connectivity index is 1.94. The van der Waals surface area contributed by atoms with E-state index in [1.54, 1.807) is 33.2 Å². The Bertz CT molecular complexity index is 688. The zero-order chi connectivity index (χ0) is 19.7. The first-order valence-corrected chi connectivity index (χ1v) is 8.82. The molecule has 0 aliphatic carbocycles. The van der Waals surface area contributed by atoms with Gasteiger partial charge in [0.2, 0.25) is 5.91 Å². The average molecular weight is 370 g/mol. The first-order chi connectivity index (χ1) is 12.8. The number of hydrogen-bond acceptors (Lipinski definition) is 6. The van der Waals surface area contributed by atoms with Gasteiger partial charge in [-0.1, -0.05) is 12.1 Å². The summed E-state index contributed by atoms with van der Waals surface area (Å²) in [6.07, 6.45) is 3.44. The number of ether oxygens (including phenoxy) is 1. The Morgan fingerprint density at radius 3 is 2.00 bits per heavy atom. The maximum atomic E-state index is 12.3. The van der Waals surface area contributed by atoms with Gasteiger partial charge in [-0.15, -0.1) is 0 Å². The first kappa shape index (κ1) is 20.5. The van der Waals surface area contributed by atoms with Crippen LogP contribution in [0.1, 0.15) is 32.2 Å². The van der Waals surface area contributed by atoms with Gasteiger partial charge in [0.05, 0.1) is 17.9 Å². The SMILES string of the molecule is CC(C)(C)OC(=O)CNC(=O)CN(Cc1ccccn1)Cc1ccccn1. The highest BCUT2D eigenvalue weighted by molar-refractivity contribution is 5.83. The van der Waals surface area contributed by atoms with Crippen molar-refractivity contribution in [3.8, 4) is 0 Å². The number of carbonyl (C=O) groups is 2. The van der Waals surface area contributed by atoms with Crippen LogP contribution in [0, 0.1) is 0 Å². The van der Waals surface area contributed by atoms with Crippen molar-refractivity contribution in [3.63, 3.8) is 0 Å². The van der Waals surface area contributed by atoms with E-state index >= 15 is 0 Å². The van der Waals surface area contributed by atoms with E-state index in [0.29, 0.717) is 13.1 Å². The molecule has 0 radical (unpaired) electrons. The van der Waals surface area contributed by atoms with Crippen molar-refractivity contribution in [2.45, 2.75) is 39.5 Å². The number of esters is 1. The smallest absolute Gasteiger partial charge is 0.325 e. The zero-order valence-electron chi connectivity index (χ0n) is 16.0. The molecule has 0 saturated carbocycles. The molecule has 2 aromatic rings. The second-order valence-corrected chi connectivity index (χ2v) is 7.15. The highest BCUT2D eigenvalue weighted by Crippen LogP contribution is 2.07. The topological polar surface area (TPSA) is 84.4 Å². The Labute approximate surface area is 159 Å². The molecule has 0 unspecified atom stereocenters. The minimum atomic E-state index is -0.578. The van der Waals surface area contributed by atoms with Gasteiger partial charge in [0, 0.05) is 25.5 Å². The summed E-state index contributed by atoms with van der Waals surface area (Å²) in [5.74, 6) is -0.718. The number of nitrogens with one attached hydrogen (secondary N) is 1. The number of pyridine rings is 2. The van der Waals surface area contributed by atoms with Crippen LogP contribution in [0.4, 0.5) is 0 Å². The number of hydrogen-bond donors (Lipinski definition) is 1. The zero-order valence-corrected chi connectivity index (χ0v) is 16.0. The number of nitrogens with zero attached hydrogens (tertiary/aromatic N) is 3. The van der Waals surface area contributed by atoms with Crippen molar-refractivity contribution < 1.29 is 14.3 Å². The molecule has 0 aliphatic rings. The van der Waals surface area contributed by atoms with Gasteiger partial charge in [-0.25, -0.2) is 0 Å². The van der Waals surface area contributed by atoms with Crippen LogP contribution >= 0.6 is 0 Å². The molecule has 1 amide bonds. The summed E-state index contributed by atoms with van der Waals surface area (Å²) in [5.41, 5.74) is 1.13.